The maximum Gasteiger partial charge on any atom is 0.156 e. The molecule has 4 nitrogen and oxygen atoms in total. The van der Waals surface area contributed by atoms with Crippen LogP contribution in [-0.4, -0.2) is 22.8 Å². The molecule has 0 amide bonds. The molecule has 106 valence electrons. The minimum absolute atomic E-state index is 0.425. The van der Waals surface area contributed by atoms with E-state index in [4.69, 9.17) is 5.73 Å². The van der Waals surface area contributed by atoms with E-state index < -0.39 is 0 Å². The summed E-state index contributed by atoms with van der Waals surface area (Å²) in [5.41, 5.74) is 6.89. The van der Waals surface area contributed by atoms with Gasteiger partial charge in [-0.1, -0.05) is 37.1 Å². The van der Waals surface area contributed by atoms with Gasteiger partial charge in [0.1, 0.15) is 0 Å². The first-order valence-electron chi connectivity index (χ1n) is 7.48. The zero-order valence-electron chi connectivity index (χ0n) is 12.0. The Morgan fingerprint density at radius 2 is 1.90 bits per heavy atom. The van der Waals surface area contributed by atoms with Crippen molar-refractivity contribution >= 4 is 16.6 Å². The molecule has 0 radical (unpaired) electrons. The minimum atomic E-state index is 0.425. The monoisotopic (exact) mass is 270 g/mol. The van der Waals surface area contributed by atoms with Crippen molar-refractivity contribution in [1.82, 2.24) is 10.2 Å². The number of aryl methyl sites for hydroxylation is 1. The predicted molar refractivity (Wildman–Crippen MR) is 82.7 cm³/mol. The highest BCUT2D eigenvalue weighted by Gasteiger charge is 2.24. The van der Waals surface area contributed by atoms with E-state index in [1.807, 2.05) is 13.0 Å². The van der Waals surface area contributed by atoms with Gasteiger partial charge in [-0.25, -0.2) is 0 Å². The van der Waals surface area contributed by atoms with Crippen LogP contribution < -0.4 is 11.1 Å². The number of benzene rings is 1. The first-order chi connectivity index (χ1) is 9.79. The third-order valence-electron chi connectivity index (χ3n) is 4.41. The van der Waals surface area contributed by atoms with Crippen molar-refractivity contribution in [2.24, 2.45) is 11.7 Å². The molecule has 0 bridgehead atoms. The first-order valence-corrected chi connectivity index (χ1v) is 7.48. The van der Waals surface area contributed by atoms with Crippen molar-refractivity contribution in [2.75, 3.05) is 11.9 Å². The van der Waals surface area contributed by atoms with Crippen molar-refractivity contribution in [3.05, 3.63) is 30.0 Å². The Morgan fingerprint density at radius 1 is 1.15 bits per heavy atom. The normalized spacial score (nSPS) is 22.9. The molecule has 2 aromatic rings. The number of hydrogen-bond acceptors (Lipinski definition) is 4. The Morgan fingerprint density at radius 3 is 2.70 bits per heavy atom. The van der Waals surface area contributed by atoms with Gasteiger partial charge in [-0.15, -0.1) is 5.10 Å². The van der Waals surface area contributed by atoms with Gasteiger partial charge < -0.3 is 11.1 Å². The van der Waals surface area contributed by atoms with E-state index in [2.05, 4.69) is 33.7 Å². The van der Waals surface area contributed by atoms with Crippen molar-refractivity contribution in [3.63, 3.8) is 0 Å². The van der Waals surface area contributed by atoms with Crippen LogP contribution in [-0.2, 0) is 0 Å². The Labute approximate surface area is 119 Å². The molecule has 1 saturated carbocycles. The van der Waals surface area contributed by atoms with Gasteiger partial charge in [0.25, 0.3) is 0 Å². The molecular formula is C16H22N4. The Balaban J connectivity index is 1.92. The van der Waals surface area contributed by atoms with Crippen molar-refractivity contribution in [2.45, 2.75) is 38.6 Å². The zero-order chi connectivity index (χ0) is 13.9. The molecule has 0 aliphatic heterocycles. The molecule has 4 heteroatoms. The van der Waals surface area contributed by atoms with Gasteiger partial charge in [0.05, 0.1) is 5.69 Å². The van der Waals surface area contributed by atoms with Gasteiger partial charge in [-0.3, -0.25) is 0 Å². The van der Waals surface area contributed by atoms with E-state index in [9.17, 15) is 0 Å². The van der Waals surface area contributed by atoms with Gasteiger partial charge >= 0.3 is 0 Å². The van der Waals surface area contributed by atoms with E-state index in [0.29, 0.717) is 12.0 Å². The van der Waals surface area contributed by atoms with Gasteiger partial charge in [-0.05, 0) is 32.2 Å². The average Bonchev–Trinajstić information content (AvgIpc) is 2.51. The van der Waals surface area contributed by atoms with Gasteiger partial charge in [0.2, 0.25) is 0 Å². The summed E-state index contributed by atoms with van der Waals surface area (Å²) in [6.07, 6.45) is 4.95. The van der Waals surface area contributed by atoms with Gasteiger partial charge in [0.15, 0.2) is 5.82 Å². The summed E-state index contributed by atoms with van der Waals surface area (Å²) in [6.45, 7) is 2.75. The topological polar surface area (TPSA) is 63.8 Å². The molecule has 1 fully saturated rings. The summed E-state index contributed by atoms with van der Waals surface area (Å²) in [4.78, 5) is 0. The molecule has 2 atom stereocenters. The molecule has 1 aliphatic rings. The molecule has 1 aromatic carbocycles. The van der Waals surface area contributed by atoms with Crippen LogP contribution in [0.1, 0.15) is 31.4 Å². The Bertz CT molecular complexity index is 596. The summed E-state index contributed by atoms with van der Waals surface area (Å²) >= 11 is 0. The maximum absolute atomic E-state index is 5.91. The fraction of sp³-hybridized carbons (Fsp3) is 0.500. The number of fused-ring (bicyclic) bond motifs is 1. The second-order valence-corrected chi connectivity index (χ2v) is 5.71. The van der Waals surface area contributed by atoms with Crippen LogP contribution in [0, 0.1) is 12.8 Å². The van der Waals surface area contributed by atoms with Crippen LogP contribution in [0.25, 0.3) is 10.8 Å². The predicted octanol–water partition coefficient (Wildman–Crippen LogP) is 2.87. The lowest BCUT2D eigenvalue weighted by atomic mass is 9.84. The highest BCUT2D eigenvalue weighted by atomic mass is 15.2. The minimum Gasteiger partial charge on any atom is -0.365 e. The van der Waals surface area contributed by atoms with Crippen LogP contribution in [0.3, 0.4) is 0 Å². The second-order valence-electron chi connectivity index (χ2n) is 5.71. The number of rotatable bonds is 3. The molecule has 3 N–H and O–H groups in total. The van der Waals surface area contributed by atoms with Crippen molar-refractivity contribution in [3.8, 4) is 0 Å². The average molecular weight is 270 g/mol. The van der Waals surface area contributed by atoms with Crippen LogP contribution in [0.5, 0.6) is 0 Å². The summed E-state index contributed by atoms with van der Waals surface area (Å²) < 4.78 is 0. The van der Waals surface area contributed by atoms with Crippen molar-refractivity contribution < 1.29 is 0 Å². The second kappa shape index (κ2) is 5.75. The van der Waals surface area contributed by atoms with E-state index in [1.165, 1.54) is 31.1 Å². The highest BCUT2D eigenvalue weighted by Crippen LogP contribution is 2.29. The number of hydrogen-bond donors (Lipinski definition) is 2. The van der Waals surface area contributed by atoms with Crippen LogP contribution in [0.4, 0.5) is 5.82 Å². The molecule has 2 unspecified atom stereocenters. The molecule has 1 aromatic heterocycles. The Hall–Kier alpha value is -1.68. The molecule has 3 rings (SSSR count). The first kappa shape index (κ1) is 13.3. The van der Waals surface area contributed by atoms with E-state index in [0.717, 1.165) is 23.4 Å². The largest absolute Gasteiger partial charge is 0.365 e. The lowest BCUT2D eigenvalue weighted by Gasteiger charge is -2.31. The summed E-state index contributed by atoms with van der Waals surface area (Å²) in [7, 11) is 0. The molecule has 0 saturated heterocycles. The highest BCUT2D eigenvalue weighted by molar-refractivity contribution is 5.92. The Kier molecular flexibility index (Phi) is 3.83. The standard InChI is InChI=1S/C16H22N4/c1-11-13-7-3-4-8-14(13)16(20-19-11)18-15-9-5-2-6-12(15)10-17/h3-4,7-8,12,15H,2,5-6,9-10,17H2,1H3,(H,18,20). The van der Waals surface area contributed by atoms with Crippen LogP contribution in [0.2, 0.25) is 0 Å². The lowest BCUT2D eigenvalue weighted by molar-refractivity contribution is 0.332. The number of nitrogens with zero attached hydrogens (tertiary/aromatic N) is 2. The van der Waals surface area contributed by atoms with E-state index >= 15 is 0 Å². The quantitative estimate of drug-likeness (QED) is 0.900. The van der Waals surface area contributed by atoms with Crippen LogP contribution in [0.15, 0.2) is 24.3 Å². The number of nitrogens with two attached hydrogens (primary N) is 1. The third kappa shape index (κ3) is 2.48. The molecule has 1 heterocycles. The summed E-state index contributed by atoms with van der Waals surface area (Å²) in [5, 5.41) is 14.6. The number of nitrogens with one attached hydrogen (secondary N) is 1. The lowest BCUT2D eigenvalue weighted by Crippen LogP contribution is -2.37. The van der Waals surface area contributed by atoms with Crippen molar-refractivity contribution in [1.29, 1.82) is 0 Å². The maximum atomic E-state index is 5.91. The SMILES string of the molecule is Cc1nnc(NC2CCCCC2CN)c2ccccc12. The summed E-state index contributed by atoms with van der Waals surface area (Å²) in [6, 6.07) is 8.74. The molecule has 1 aliphatic carbocycles. The smallest absolute Gasteiger partial charge is 0.156 e. The molecule has 20 heavy (non-hydrogen) atoms. The van der Waals surface area contributed by atoms with E-state index in [1.54, 1.807) is 0 Å². The number of anilines is 1. The van der Waals surface area contributed by atoms with E-state index in [-0.39, 0.29) is 0 Å². The van der Waals surface area contributed by atoms with Gasteiger partial charge in [0, 0.05) is 16.8 Å². The fourth-order valence-corrected chi connectivity index (χ4v) is 3.20. The van der Waals surface area contributed by atoms with Gasteiger partial charge in [-0.2, -0.15) is 5.10 Å². The molecular weight excluding hydrogens is 248 g/mol. The fourth-order valence-electron chi connectivity index (χ4n) is 3.20. The third-order valence-corrected chi connectivity index (χ3v) is 4.41. The summed E-state index contributed by atoms with van der Waals surface area (Å²) in [5.74, 6) is 1.45. The number of aromatic nitrogens is 2. The van der Waals surface area contributed by atoms with Crippen LogP contribution >= 0.6 is 0 Å². The zero-order valence-corrected chi connectivity index (χ0v) is 12.0. The molecule has 0 spiro atoms.